The largest absolute Gasteiger partial charge is 0.508 e. The number of aryl methyl sites for hydroxylation is 2. The maximum Gasteiger partial charge on any atom is 0.169 e. The summed E-state index contributed by atoms with van der Waals surface area (Å²) in [6.07, 6.45) is 42.0. The highest BCUT2D eigenvalue weighted by atomic mass is 33.1. The number of ether oxygens (including phenoxy) is 1. The quantitative estimate of drug-likeness (QED) is 0.0325. The Kier molecular flexibility index (Phi) is 23.2. The Hall–Kier alpha value is -3.48. The van der Waals surface area contributed by atoms with Crippen LogP contribution in [-0.4, -0.2) is 23.7 Å². The number of phenolic OH excluding ortho intramolecular Hbond substituents is 1. The third kappa shape index (κ3) is 20.9. The average molecular weight is 781 g/mol. The number of rotatable bonds is 30. The van der Waals surface area contributed by atoms with E-state index in [0.717, 1.165) is 24.4 Å². The van der Waals surface area contributed by atoms with Crippen LogP contribution in [0.1, 0.15) is 138 Å². The fourth-order valence-electron chi connectivity index (χ4n) is 6.65. The minimum absolute atomic E-state index is 0.304. The molecule has 0 atom stereocenters. The lowest BCUT2D eigenvalue weighted by Gasteiger charge is -2.04. The Morgan fingerprint density at radius 3 is 1.09 bits per heavy atom. The second-order valence-corrected chi connectivity index (χ2v) is 17.5. The summed E-state index contributed by atoms with van der Waals surface area (Å²) in [5, 5.41) is 9.42. The average Bonchev–Trinajstić information content (AvgIpc) is 3.22. The maximum atomic E-state index is 9.42. The van der Waals surface area contributed by atoms with Crippen LogP contribution in [0.4, 0.5) is 0 Å². The number of aromatic nitrogens is 2. The minimum Gasteiger partial charge on any atom is -0.508 e. The smallest absolute Gasteiger partial charge is 0.169 e. The van der Waals surface area contributed by atoms with E-state index in [9.17, 15) is 5.11 Å². The van der Waals surface area contributed by atoms with E-state index in [4.69, 9.17) is 4.74 Å². The van der Waals surface area contributed by atoms with Crippen LogP contribution < -0.4 is 13.9 Å². The van der Waals surface area contributed by atoms with Gasteiger partial charge in [-0.05, 0) is 72.2 Å². The number of methoxy groups -OCH3 is 1. The van der Waals surface area contributed by atoms with E-state index in [2.05, 4.69) is 116 Å². The predicted molar refractivity (Wildman–Crippen MR) is 240 cm³/mol. The van der Waals surface area contributed by atoms with Gasteiger partial charge in [0.05, 0.1) is 7.11 Å². The topological polar surface area (TPSA) is 37.2 Å². The predicted octanol–water partition coefficient (Wildman–Crippen LogP) is 13.4. The molecule has 6 heteroatoms. The van der Waals surface area contributed by atoms with E-state index >= 15 is 0 Å². The van der Waals surface area contributed by atoms with Crippen molar-refractivity contribution in [3.05, 3.63) is 120 Å². The Morgan fingerprint density at radius 1 is 0.418 bits per heavy atom. The van der Waals surface area contributed by atoms with Crippen LogP contribution in [0.2, 0.25) is 0 Å². The number of aromatic hydroxyl groups is 1. The molecule has 0 aliphatic rings. The summed E-state index contributed by atoms with van der Waals surface area (Å²) in [5.41, 5.74) is 4.70. The second kappa shape index (κ2) is 28.9. The van der Waals surface area contributed by atoms with Gasteiger partial charge in [-0.3, -0.25) is 0 Å². The molecule has 0 aliphatic carbocycles. The van der Waals surface area contributed by atoms with Crippen molar-refractivity contribution in [2.45, 2.75) is 129 Å². The first kappa shape index (κ1) is 44.2. The summed E-state index contributed by atoms with van der Waals surface area (Å²) in [5.74, 6) is 3.84. The lowest BCUT2D eigenvalue weighted by molar-refractivity contribution is -0.697. The summed E-state index contributed by atoms with van der Waals surface area (Å²) in [7, 11) is 5.91. The highest BCUT2D eigenvalue weighted by Gasteiger charge is 2.03. The molecule has 0 amide bonds. The van der Waals surface area contributed by atoms with E-state index in [0.29, 0.717) is 5.75 Å². The van der Waals surface area contributed by atoms with Crippen LogP contribution in [0, 0.1) is 0 Å². The highest BCUT2D eigenvalue weighted by Crippen LogP contribution is 2.25. The van der Waals surface area contributed by atoms with Crippen LogP contribution in [0.25, 0.3) is 24.3 Å². The summed E-state index contributed by atoms with van der Waals surface area (Å²) >= 11 is 0. The van der Waals surface area contributed by atoms with E-state index in [1.165, 1.54) is 144 Å². The van der Waals surface area contributed by atoms with Crippen molar-refractivity contribution in [1.29, 1.82) is 0 Å². The van der Waals surface area contributed by atoms with E-state index in [1.54, 1.807) is 19.2 Å². The summed E-state index contributed by atoms with van der Waals surface area (Å²) in [6.45, 7) is 2.21. The van der Waals surface area contributed by atoms with Crippen LogP contribution in [-0.2, 0) is 13.1 Å². The third-order valence-electron chi connectivity index (χ3n) is 10.2. The fraction of sp³-hybridized carbons (Fsp3) is 0.469. The fourth-order valence-corrected chi connectivity index (χ4v) is 8.94. The van der Waals surface area contributed by atoms with Gasteiger partial charge in [-0.25, -0.2) is 9.13 Å². The molecule has 2 aromatic carbocycles. The van der Waals surface area contributed by atoms with Crippen molar-refractivity contribution < 1.29 is 19.0 Å². The standard InChI is InChI=1S/C49H67N2O2S2/c1-53-49-30-26-45(27-31-49)21-23-47-34-40-51(41-35-47)37-17-13-9-5-3-7-11-15-19-43-55-54-42-18-14-10-6-2-4-8-12-16-36-50-38-32-46(33-39-50)22-20-44-24-28-48(52)29-25-44/h20-35,38-41H,2-19,36-37,42-43H2,1H3/q+1/p+1/b23-21+. The van der Waals surface area contributed by atoms with E-state index in [-0.39, 0.29) is 0 Å². The van der Waals surface area contributed by atoms with Gasteiger partial charge in [0.1, 0.15) is 24.6 Å². The number of pyridine rings is 2. The molecule has 1 N–H and O–H groups in total. The van der Waals surface area contributed by atoms with Crippen molar-refractivity contribution >= 4 is 45.9 Å². The Labute approximate surface area is 341 Å². The van der Waals surface area contributed by atoms with Crippen molar-refractivity contribution in [2.75, 3.05) is 18.6 Å². The first-order chi connectivity index (χ1) is 27.2. The lowest BCUT2D eigenvalue weighted by Crippen LogP contribution is -2.32. The number of hydrogen-bond acceptors (Lipinski definition) is 4. The van der Waals surface area contributed by atoms with E-state index < -0.39 is 0 Å². The van der Waals surface area contributed by atoms with Crippen molar-refractivity contribution in [1.82, 2.24) is 0 Å². The first-order valence-electron chi connectivity index (χ1n) is 21.2. The molecule has 0 unspecified atom stereocenters. The zero-order chi connectivity index (χ0) is 38.4. The Bertz CT molecular complexity index is 1590. The molecular weight excluding hydrogens is 713 g/mol. The van der Waals surface area contributed by atoms with Gasteiger partial charge in [0.25, 0.3) is 0 Å². The van der Waals surface area contributed by atoms with E-state index in [1.807, 2.05) is 24.3 Å². The normalized spacial score (nSPS) is 11.6. The van der Waals surface area contributed by atoms with Gasteiger partial charge in [-0.2, -0.15) is 0 Å². The van der Waals surface area contributed by atoms with Gasteiger partial charge >= 0.3 is 0 Å². The van der Waals surface area contributed by atoms with Crippen LogP contribution >= 0.6 is 21.6 Å². The molecule has 4 nitrogen and oxygen atoms in total. The van der Waals surface area contributed by atoms with Gasteiger partial charge < -0.3 is 9.84 Å². The molecule has 296 valence electrons. The number of unbranched alkanes of at least 4 members (excludes halogenated alkanes) is 16. The van der Waals surface area contributed by atoms with Crippen molar-refractivity contribution in [3.63, 3.8) is 0 Å². The molecule has 55 heavy (non-hydrogen) atoms. The molecule has 0 aliphatic heterocycles. The monoisotopic (exact) mass is 780 g/mol. The molecule has 2 aromatic heterocycles. The van der Waals surface area contributed by atoms with Crippen LogP contribution in [0.15, 0.2) is 97.6 Å². The van der Waals surface area contributed by atoms with Crippen molar-refractivity contribution in [2.24, 2.45) is 0 Å². The number of nitrogens with zero attached hydrogens (tertiary/aromatic N) is 2. The second-order valence-electron chi connectivity index (χ2n) is 14.8. The molecule has 0 spiro atoms. The SMILES string of the molecule is COc1ccc(/C=C/c2cc[n+](CCCCCCCCCCCSSCCCCCCCCCCC[n+]3ccc(/C=C/c4ccc(O)cc4)cc3)cc2)cc1. The summed E-state index contributed by atoms with van der Waals surface area (Å²) in [6, 6.07) is 24.2. The molecule has 0 saturated carbocycles. The zero-order valence-corrected chi connectivity index (χ0v) is 35.3. The third-order valence-corrected chi connectivity index (χ3v) is 12.7. The molecule has 0 fully saturated rings. The first-order valence-corrected chi connectivity index (χ1v) is 23.7. The summed E-state index contributed by atoms with van der Waals surface area (Å²) in [4.78, 5) is 0. The molecule has 4 aromatic rings. The molecular formula is C49H68N2O2S2+2. The Balaban J connectivity index is 0.832. The molecule has 4 rings (SSSR count). The summed E-state index contributed by atoms with van der Waals surface area (Å²) < 4.78 is 9.85. The van der Waals surface area contributed by atoms with Gasteiger partial charge in [0.2, 0.25) is 0 Å². The maximum absolute atomic E-state index is 9.42. The number of benzene rings is 2. The number of phenols is 1. The molecule has 0 bridgehead atoms. The molecule has 0 radical (unpaired) electrons. The number of hydrogen-bond donors (Lipinski definition) is 1. The lowest BCUT2D eigenvalue weighted by atomic mass is 10.1. The van der Waals surface area contributed by atoms with Gasteiger partial charge in [-0.1, -0.05) is 147 Å². The molecule has 0 saturated heterocycles. The minimum atomic E-state index is 0.304. The van der Waals surface area contributed by atoms with Gasteiger partial charge in [0.15, 0.2) is 24.8 Å². The zero-order valence-electron chi connectivity index (χ0n) is 33.7. The highest BCUT2D eigenvalue weighted by molar-refractivity contribution is 8.76. The van der Waals surface area contributed by atoms with Crippen molar-refractivity contribution in [3.8, 4) is 11.5 Å². The van der Waals surface area contributed by atoms with Gasteiger partial charge in [-0.15, -0.1) is 0 Å². The Morgan fingerprint density at radius 2 is 0.727 bits per heavy atom. The van der Waals surface area contributed by atoms with Crippen LogP contribution in [0.5, 0.6) is 11.5 Å². The van der Waals surface area contributed by atoms with Gasteiger partial charge in [0, 0.05) is 48.6 Å². The molecule has 2 heterocycles. The van der Waals surface area contributed by atoms with Crippen LogP contribution in [0.3, 0.4) is 0 Å².